The summed E-state index contributed by atoms with van der Waals surface area (Å²) in [6.45, 7) is -0.0836. The van der Waals surface area contributed by atoms with Crippen LogP contribution >= 0.6 is 0 Å². The van der Waals surface area contributed by atoms with Gasteiger partial charge in [-0.1, -0.05) is 35.5 Å². The highest BCUT2D eigenvalue weighted by Gasteiger charge is 2.74. The summed E-state index contributed by atoms with van der Waals surface area (Å²) in [5.41, 5.74) is -6.61. The number of aromatic nitrogens is 1. The van der Waals surface area contributed by atoms with Crippen molar-refractivity contribution < 1.29 is 58.4 Å². The Labute approximate surface area is 269 Å². The number of carbonyl (C=O) groups excluding carboxylic acids is 1. The molecule has 2 fully saturated rings. The second kappa shape index (κ2) is 11.6. The molecule has 1 aliphatic heterocycles. The number of fused-ring (bicyclic) bond motifs is 3. The number of hydrogen-bond donors (Lipinski definition) is 1. The Balaban J connectivity index is 1.45. The van der Waals surface area contributed by atoms with Gasteiger partial charge in [0.15, 0.2) is 9.84 Å². The lowest BCUT2D eigenvalue weighted by molar-refractivity contribution is -0.348. The highest BCUT2D eigenvalue weighted by Crippen LogP contribution is 2.57. The lowest BCUT2D eigenvalue weighted by Crippen LogP contribution is -2.53. The van der Waals surface area contributed by atoms with Gasteiger partial charge in [-0.15, -0.1) is 0 Å². The van der Waals surface area contributed by atoms with Crippen LogP contribution in [-0.4, -0.2) is 60.4 Å². The van der Waals surface area contributed by atoms with Gasteiger partial charge < -0.3 is 14.5 Å². The van der Waals surface area contributed by atoms with E-state index in [0.717, 1.165) is 6.07 Å². The highest BCUT2D eigenvalue weighted by molar-refractivity contribution is 7.92. The van der Waals surface area contributed by atoms with Gasteiger partial charge in [0.05, 0.1) is 23.1 Å². The maximum Gasteiger partial charge on any atom is 0.435 e. The molecule has 6 rings (SSSR count). The quantitative estimate of drug-likeness (QED) is 0.283. The van der Waals surface area contributed by atoms with Gasteiger partial charge in [0, 0.05) is 23.6 Å². The summed E-state index contributed by atoms with van der Waals surface area (Å²) in [5.74, 6) is -2.56. The Kier molecular flexibility index (Phi) is 8.19. The van der Waals surface area contributed by atoms with Crippen molar-refractivity contribution in [2.45, 2.75) is 78.7 Å². The number of rotatable bonds is 6. The number of likely N-dealkylation sites (tertiary alicyclic amines) is 1. The van der Waals surface area contributed by atoms with E-state index < -0.39 is 62.0 Å². The zero-order chi connectivity index (χ0) is 34.9. The molecule has 2 unspecified atom stereocenters. The lowest BCUT2D eigenvalue weighted by atomic mass is 9.76. The Bertz CT molecular complexity index is 1800. The molecular weight excluding hydrogens is 673 g/mol. The standard InChI is InChI=1S/C32H29F7N2O6S/c33-30(31(34,35)36,32(37,38)39)23-8-11-25-21(15-23)7-12-26-29(25,13-14-41(26)27(42)19-1-3-20(4-2-19)28(43)44)48(45,46)24-9-5-18(6-10-24)22-16-40-47-17-22/h5-6,8-11,15-17,19-20,26H,1-4,7,12-14H2,(H,43,44). The van der Waals surface area contributed by atoms with Gasteiger partial charge >= 0.3 is 24.0 Å². The number of nitrogens with zero attached hydrogens (tertiary/aromatic N) is 2. The number of carboxylic acid groups (broad SMARTS) is 1. The third-order valence-corrected chi connectivity index (χ3v) is 12.7. The van der Waals surface area contributed by atoms with Crippen molar-refractivity contribution in [1.82, 2.24) is 10.1 Å². The molecule has 1 N–H and O–H groups in total. The Morgan fingerprint density at radius 2 is 1.50 bits per heavy atom. The molecule has 16 heteroatoms. The molecule has 2 aliphatic carbocycles. The number of sulfone groups is 1. The minimum absolute atomic E-state index is 0.0836. The van der Waals surface area contributed by atoms with E-state index >= 15 is 4.39 Å². The topological polar surface area (TPSA) is 118 Å². The van der Waals surface area contributed by atoms with Crippen LogP contribution in [0, 0.1) is 11.8 Å². The molecule has 1 aromatic heterocycles. The average molecular weight is 703 g/mol. The number of halogens is 7. The minimum Gasteiger partial charge on any atom is -0.481 e. The van der Waals surface area contributed by atoms with Crippen LogP contribution in [0.15, 0.2) is 64.3 Å². The number of hydrogen-bond acceptors (Lipinski definition) is 6. The molecule has 2 atom stereocenters. The number of alkyl halides is 7. The largest absolute Gasteiger partial charge is 0.481 e. The minimum atomic E-state index is -6.36. The molecule has 3 aromatic rings. The molecule has 0 bridgehead atoms. The first-order chi connectivity index (χ1) is 22.4. The number of carbonyl (C=O) groups is 2. The Morgan fingerprint density at radius 1 is 0.875 bits per heavy atom. The van der Waals surface area contributed by atoms with E-state index in [1.165, 1.54) is 41.6 Å². The van der Waals surface area contributed by atoms with Crippen LogP contribution < -0.4 is 0 Å². The van der Waals surface area contributed by atoms with Crippen LogP contribution in [0.3, 0.4) is 0 Å². The molecule has 0 radical (unpaired) electrons. The second-order valence-electron chi connectivity index (χ2n) is 12.6. The van der Waals surface area contributed by atoms with Crippen LogP contribution in [0.1, 0.15) is 55.2 Å². The van der Waals surface area contributed by atoms with Gasteiger partial charge in [-0.3, -0.25) is 9.59 Å². The van der Waals surface area contributed by atoms with Gasteiger partial charge in [0.1, 0.15) is 11.0 Å². The van der Waals surface area contributed by atoms with Crippen molar-refractivity contribution in [3.63, 3.8) is 0 Å². The predicted octanol–water partition coefficient (Wildman–Crippen LogP) is 6.74. The van der Waals surface area contributed by atoms with Crippen molar-refractivity contribution in [3.8, 4) is 11.1 Å². The number of amides is 1. The molecule has 0 spiro atoms. The van der Waals surface area contributed by atoms with E-state index in [1.54, 1.807) is 0 Å². The summed E-state index contributed by atoms with van der Waals surface area (Å²) in [6, 6.07) is 6.12. The molecule has 1 saturated carbocycles. The van der Waals surface area contributed by atoms with Crippen molar-refractivity contribution in [2.24, 2.45) is 11.8 Å². The van der Waals surface area contributed by atoms with Crippen molar-refractivity contribution in [3.05, 3.63) is 71.6 Å². The second-order valence-corrected chi connectivity index (χ2v) is 14.8. The first-order valence-electron chi connectivity index (χ1n) is 15.2. The van der Waals surface area contributed by atoms with Crippen LogP contribution in [0.4, 0.5) is 30.7 Å². The van der Waals surface area contributed by atoms with Crippen molar-refractivity contribution in [1.29, 1.82) is 0 Å². The predicted molar refractivity (Wildman–Crippen MR) is 154 cm³/mol. The fraction of sp³-hybridized carbons (Fsp3) is 0.469. The molecule has 2 aromatic carbocycles. The van der Waals surface area contributed by atoms with Crippen molar-refractivity contribution in [2.75, 3.05) is 6.54 Å². The monoisotopic (exact) mass is 702 g/mol. The molecular formula is C32H29F7N2O6S. The van der Waals surface area contributed by atoms with Gasteiger partial charge in [0.2, 0.25) is 5.91 Å². The van der Waals surface area contributed by atoms with Crippen molar-refractivity contribution >= 4 is 21.7 Å². The third kappa shape index (κ3) is 5.08. The van der Waals surface area contributed by atoms with Gasteiger partial charge in [-0.25, -0.2) is 12.8 Å². The molecule has 258 valence electrons. The maximum atomic E-state index is 15.1. The molecule has 3 aliphatic rings. The van der Waals surface area contributed by atoms with E-state index in [1.807, 2.05) is 0 Å². The smallest absolute Gasteiger partial charge is 0.435 e. The summed E-state index contributed by atoms with van der Waals surface area (Å²) in [4.78, 5) is 26.6. The summed E-state index contributed by atoms with van der Waals surface area (Å²) in [7, 11) is -4.53. The number of aliphatic carboxylic acids is 1. The summed E-state index contributed by atoms with van der Waals surface area (Å²) < 4.78 is 129. The van der Waals surface area contributed by atoms with Crippen LogP contribution in [0.5, 0.6) is 0 Å². The fourth-order valence-electron chi connectivity index (χ4n) is 7.70. The van der Waals surface area contributed by atoms with Gasteiger partial charge in [-0.05, 0) is 73.8 Å². The molecule has 1 amide bonds. The van der Waals surface area contributed by atoms with Gasteiger partial charge in [-0.2, -0.15) is 26.3 Å². The van der Waals surface area contributed by atoms with Crippen LogP contribution in [0.25, 0.3) is 11.1 Å². The number of aryl methyl sites for hydroxylation is 1. The molecule has 1 saturated heterocycles. The van der Waals surface area contributed by atoms with E-state index in [9.17, 15) is 49.5 Å². The Morgan fingerprint density at radius 3 is 2.06 bits per heavy atom. The van der Waals surface area contributed by atoms with E-state index in [-0.39, 0.29) is 73.4 Å². The molecule has 8 nitrogen and oxygen atoms in total. The molecule has 2 heterocycles. The Hall–Kier alpha value is -3.95. The average Bonchev–Trinajstić information content (AvgIpc) is 3.72. The number of carboxylic acids is 1. The normalized spacial score (nSPS) is 25.0. The summed E-state index contributed by atoms with van der Waals surface area (Å²) >= 11 is 0. The lowest BCUT2D eigenvalue weighted by Gasteiger charge is -2.44. The summed E-state index contributed by atoms with van der Waals surface area (Å²) in [6.07, 6.45) is -9.54. The van der Waals surface area contributed by atoms with E-state index in [4.69, 9.17) is 4.52 Å². The third-order valence-electron chi connectivity index (χ3n) is 10.2. The summed E-state index contributed by atoms with van der Waals surface area (Å²) in [5, 5.41) is 13.0. The highest BCUT2D eigenvalue weighted by atomic mass is 32.2. The van der Waals surface area contributed by atoms with E-state index in [2.05, 4.69) is 5.16 Å². The fourth-order valence-corrected chi connectivity index (χ4v) is 10.1. The van der Waals surface area contributed by atoms with Crippen LogP contribution in [-0.2, 0) is 36.3 Å². The number of benzene rings is 2. The first kappa shape index (κ1) is 33.9. The zero-order valence-corrected chi connectivity index (χ0v) is 25.8. The van der Waals surface area contributed by atoms with Gasteiger partial charge in [0.25, 0.3) is 0 Å². The SMILES string of the molecule is O=C(O)C1CCC(C(=O)N2CCC3(S(=O)(=O)c4ccc(-c5cnoc5)cc4)c4ccc(C(F)(C(F)(F)F)C(F)(F)F)cc4CCC23)CC1. The zero-order valence-electron chi connectivity index (χ0n) is 25.0. The molecule has 48 heavy (non-hydrogen) atoms. The first-order valence-corrected chi connectivity index (χ1v) is 16.7. The van der Waals surface area contributed by atoms with Crippen LogP contribution in [0.2, 0.25) is 0 Å². The van der Waals surface area contributed by atoms with E-state index in [0.29, 0.717) is 23.3 Å². The maximum absolute atomic E-state index is 15.1.